The highest BCUT2D eigenvalue weighted by Gasteiger charge is 2.14. The number of aromatic nitrogens is 2. The van der Waals surface area contributed by atoms with E-state index in [1.165, 1.54) is 0 Å². The van der Waals surface area contributed by atoms with Crippen LogP contribution < -0.4 is 14.8 Å². The summed E-state index contributed by atoms with van der Waals surface area (Å²) in [5.74, 6) is 2.02. The molecule has 6 heteroatoms. The average molecular weight is 331 g/mol. The first-order valence-corrected chi connectivity index (χ1v) is 8.12. The lowest BCUT2D eigenvalue weighted by Gasteiger charge is -2.12. The number of benzene rings is 1. The molecule has 0 radical (unpaired) electrons. The maximum Gasteiger partial charge on any atom is 0.230 e. The fourth-order valence-electron chi connectivity index (χ4n) is 2.49. The Kier molecular flexibility index (Phi) is 6.23. The number of aryl methyl sites for hydroxylation is 2. The molecule has 0 atom stereocenters. The minimum absolute atomic E-state index is 0.108. The molecule has 2 aromatic rings. The lowest BCUT2D eigenvalue weighted by atomic mass is 10.1. The van der Waals surface area contributed by atoms with Gasteiger partial charge in [-0.2, -0.15) is 5.10 Å². The molecule has 1 amide bonds. The number of rotatable bonds is 8. The second-order valence-electron chi connectivity index (χ2n) is 5.66. The van der Waals surface area contributed by atoms with Gasteiger partial charge in [0.2, 0.25) is 5.91 Å². The number of hydrogen-bond acceptors (Lipinski definition) is 4. The molecule has 1 aromatic carbocycles. The van der Waals surface area contributed by atoms with Crippen molar-refractivity contribution in [2.24, 2.45) is 0 Å². The van der Waals surface area contributed by atoms with Crippen molar-refractivity contribution in [2.75, 3.05) is 19.5 Å². The normalized spacial score (nSPS) is 10.5. The minimum Gasteiger partial charge on any atom is -0.497 e. The lowest BCUT2D eigenvalue weighted by Crippen LogP contribution is -2.18. The maximum atomic E-state index is 12.5. The van der Waals surface area contributed by atoms with Crippen molar-refractivity contribution < 1.29 is 14.3 Å². The standard InChI is InChI=1S/C18H25N3O3/c1-5-6-9-21-18(13(2)12-19-21)20-17(22)11-14-10-15(23-3)7-8-16(14)24-4/h7-8,10,12H,5-6,9,11H2,1-4H3,(H,20,22). The topological polar surface area (TPSA) is 65.4 Å². The molecule has 0 fully saturated rings. The number of unbranched alkanes of at least 4 members (excludes halogenated alkanes) is 1. The number of anilines is 1. The van der Waals surface area contributed by atoms with Crippen molar-refractivity contribution in [2.45, 2.75) is 39.7 Å². The molecule has 0 saturated heterocycles. The van der Waals surface area contributed by atoms with Crippen LogP contribution in [0.1, 0.15) is 30.9 Å². The number of amides is 1. The third kappa shape index (κ3) is 4.28. The summed E-state index contributed by atoms with van der Waals surface area (Å²) < 4.78 is 12.4. The van der Waals surface area contributed by atoms with Gasteiger partial charge in [-0.15, -0.1) is 0 Å². The summed E-state index contributed by atoms with van der Waals surface area (Å²) in [4.78, 5) is 12.5. The molecule has 0 saturated carbocycles. The zero-order valence-electron chi connectivity index (χ0n) is 14.8. The Morgan fingerprint density at radius 3 is 2.75 bits per heavy atom. The molecule has 0 aliphatic heterocycles. The summed E-state index contributed by atoms with van der Waals surface area (Å²) in [6, 6.07) is 5.43. The van der Waals surface area contributed by atoms with Crippen LogP contribution in [0.5, 0.6) is 11.5 Å². The highest BCUT2D eigenvalue weighted by atomic mass is 16.5. The van der Waals surface area contributed by atoms with Gasteiger partial charge < -0.3 is 14.8 Å². The van der Waals surface area contributed by atoms with Gasteiger partial charge in [-0.25, -0.2) is 4.68 Å². The Labute approximate surface area is 142 Å². The molecule has 1 N–H and O–H groups in total. The van der Waals surface area contributed by atoms with E-state index in [0.29, 0.717) is 11.5 Å². The molecule has 2 rings (SSSR count). The highest BCUT2D eigenvalue weighted by molar-refractivity contribution is 5.92. The monoisotopic (exact) mass is 331 g/mol. The number of nitrogens with one attached hydrogen (secondary N) is 1. The van der Waals surface area contributed by atoms with Crippen LogP contribution >= 0.6 is 0 Å². The molecular weight excluding hydrogens is 306 g/mol. The van der Waals surface area contributed by atoms with Gasteiger partial charge in [-0.3, -0.25) is 4.79 Å². The second-order valence-corrected chi connectivity index (χ2v) is 5.66. The van der Waals surface area contributed by atoms with Gasteiger partial charge in [0.05, 0.1) is 26.8 Å². The average Bonchev–Trinajstić information content (AvgIpc) is 2.92. The van der Waals surface area contributed by atoms with Crippen molar-refractivity contribution in [1.29, 1.82) is 0 Å². The van der Waals surface area contributed by atoms with E-state index in [9.17, 15) is 4.79 Å². The predicted octanol–water partition coefficient (Wildman–Crippen LogP) is 3.19. The smallest absolute Gasteiger partial charge is 0.230 e. The van der Waals surface area contributed by atoms with E-state index in [0.717, 1.165) is 36.3 Å². The number of carbonyl (C=O) groups is 1. The van der Waals surface area contributed by atoms with Crippen LogP contribution in [-0.4, -0.2) is 29.9 Å². The van der Waals surface area contributed by atoms with E-state index >= 15 is 0 Å². The first-order chi connectivity index (χ1) is 11.6. The Bertz CT molecular complexity index is 695. The Morgan fingerprint density at radius 2 is 2.08 bits per heavy atom. The van der Waals surface area contributed by atoms with Crippen LogP contribution in [0.2, 0.25) is 0 Å². The molecule has 24 heavy (non-hydrogen) atoms. The van der Waals surface area contributed by atoms with Gasteiger partial charge in [0.25, 0.3) is 0 Å². The molecule has 130 valence electrons. The summed E-state index contributed by atoms with van der Waals surface area (Å²) >= 11 is 0. The number of nitrogens with zero attached hydrogens (tertiary/aromatic N) is 2. The van der Waals surface area contributed by atoms with Crippen molar-refractivity contribution in [3.05, 3.63) is 35.5 Å². The van der Waals surface area contributed by atoms with Gasteiger partial charge in [-0.1, -0.05) is 13.3 Å². The molecule has 1 heterocycles. The summed E-state index contributed by atoms with van der Waals surface area (Å²) in [7, 11) is 3.19. The summed E-state index contributed by atoms with van der Waals surface area (Å²) in [5.41, 5.74) is 1.74. The number of ether oxygens (including phenoxy) is 2. The van der Waals surface area contributed by atoms with Crippen molar-refractivity contribution in [3.8, 4) is 11.5 Å². The Balaban J connectivity index is 2.13. The van der Waals surface area contributed by atoms with Crippen LogP contribution in [0, 0.1) is 6.92 Å². The Hall–Kier alpha value is -2.50. The molecule has 0 spiro atoms. The summed E-state index contributed by atoms with van der Waals surface area (Å²) in [5, 5.41) is 7.30. The van der Waals surface area contributed by atoms with E-state index in [-0.39, 0.29) is 12.3 Å². The first-order valence-electron chi connectivity index (χ1n) is 8.12. The largest absolute Gasteiger partial charge is 0.497 e. The van der Waals surface area contributed by atoms with E-state index in [1.54, 1.807) is 26.5 Å². The third-order valence-electron chi connectivity index (χ3n) is 3.84. The van der Waals surface area contributed by atoms with Crippen molar-refractivity contribution in [1.82, 2.24) is 9.78 Å². The zero-order valence-corrected chi connectivity index (χ0v) is 14.8. The zero-order chi connectivity index (χ0) is 17.5. The van der Waals surface area contributed by atoms with Gasteiger partial charge in [0.1, 0.15) is 17.3 Å². The minimum atomic E-state index is -0.108. The number of hydrogen-bond donors (Lipinski definition) is 1. The van der Waals surface area contributed by atoms with Crippen LogP contribution in [0.15, 0.2) is 24.4 Å². The van der Waals surface area contributed by atoms with E-state index in [1.807, 2.05) is 23.7 Å². The first kappa shape index (κ1) is 17.8. The lowest BCUT2D eigenvalue weighted by molar-refractivity contribution is -0.115. The second kappa shape index (κ2) is 8.38. The highest BCUT2D eigenvalue weighted by Crippen LogP contribution is 2.25. The van der Waals surface area contributed by atoms with Gasteiger partial charge in [-0.05, 0) is 31.5 Å². The van der Waals surface area contributed by atoms with Crippen molar-refractivity contribution in [3.63, 3.8) is 0 Å². The fraction of sp³-hybridized carbons (Fsp3) is 0.444. The van der Waals surface area contributed by atoms with E-state index in [4.69, 9.17) is 9.47 Å². The van der Waals surface area contributed by atoms with E-state index in [2.05, 4.69) is 17.3 Å². The molecule has 0 bridgehead atoms. The fourth-order valence-corrected chi connectivity index (χ4v) is 2.49. The molecule has 0 unspecified atom stereocenters. The third-order valence-corrected chi connectivity index (χ3v) is 3.84. The summed E-state index contributed by atoms with van der Waals surface area (Å²) in [6.45, 7) is 4.86. The predicted molar refractivity (Wildman–Crippen MR) is 93.8 cm³/mol. The molecular formula is C18H25N3O3. The van der Waals surface area contributed by atoms with Gasteiger partial charge in [0, 0.05) is 17.7 Å². The van der Waals surface area contributed by atoms with Gasteiger partial charge in [0.15, 0.2) is 0 Å². The summed E-state index contributed by atoms with van der Waals surface area (Å²) in [6.07, 6.45) is 4.08. The van der Waals surface area contributed by atoms with Crippen LogP contribution in [0.4, 0.5) is 5.82 Å². The molecule has 0 aliphatic rings. The maximum absolute atomic E-state index is 12.5. The quantitative estimate of drug-likeness (QED) is 0.807. The molecule has 1 aromatic heterocycles. The molecule has 0 aliphatic carbocycles. The van der Waals surface area contributed by atoms with Crippen LogP contribution in [-0.2, 0) is 17.8 Å². The van der Waals surface area contributed by atoms with E-state index < -0.39 is 0 Å². The van der Waals surface area contributed by atoms with Crippen LogP contribution in [0.3, 0.4) is 0 Å². The number of methoxy groups -OCH3 is 2. The van der Waals surface area contributed by atoms with Gasteiger partial charge >= 0.3 is 0 Å². The van der Waals surface area contributed by atoms with Crippen molar-refractivity contribution >= 4 is 11.7 Å². The number of carbonyl (C=O) groups excluding carboxylic acids is 1. The SMILES string of the molecule is CCCCn1ncc(C)c1NC(=O)Cc1cc(OC)ccc1OC. The van der Waals surface area contributed by atoms with Crippen LogP contribution in [0.25, 0.3) is 0 Å². The Morgan fingerprint density at radius 1 is 1.29 bits per heavy atom. The molecule has 6 nitrogen and oxygen atoms in total.